The molecule has 0 saturated carbocycles. The third-order valence-corrected chi connectivity index (χ3v) is 4.48. The van der Waals surface area contributed by atoms with Crippen LogP contribution < -0.4 is 5.32 Å². The number of nitrogens with zero attached hydrogens (tertiary/aromatic N) is 3. The Morgan fingerprint density at radius 2 is 2.26 bits per heavy atom. The summed E-state index contributed by atoms with van der Waals surface area (Å²) in [5.41, 5.74) is 1.14. The summed E-state index contributed by atoms with van der Waals surface area (Å²) in [5, 5.41) is 5.60. The highest BCUT2D eigenvalue weighted by molar-refractivity contribution is 7.15. The molecule has 0 aromatic carbocycles. The summed E-state index contributed by atoms with van der Waals surface area (Å²) in [6, 6.07) is 0. The van der Waals surface area contributed by atoms with Gasteiger partial charge in [0, 0.05) is 30.9 Å². The molecule has 0 bridgehead atoms. The second kappa shape index (κ2) is 6.03. The minimum absolute atomic E-state index is 0.710. The van der Waals surface area contributed by atoms with Crippen molar-refractivity contribution in [2.75, 3.05) is 26.2 Å². The van der Waals surface area contributed by atoms with Gasteiger partial charge in [-0.1, -0.05) is 6.92 Å². The van der Waals surface area contributed by atoms with Crippen molar-refractivity contribution in [3.8, 4) is 0 Å². The van der Waals surface area contributed by atoms with Crippen LogP contribution in [0.3, 0.4) is 0 Å². The second-order valence-corrected chi connectivity index (χ2v) is 6.44. The molecule has 0 amide bonds. The Morgan fingerprint density at radius 1 is 1.42 bits per heavy atom. The van der Waals surface area contributed by atoms with Gasteiger partial charge < -0.3 is 10.2 Å². The molecule has 4 nitrogen and oxygen atoms in total. The van der Waals surface area contributed by atoms with Gasteiger partial charge in [0.05, 0.1) is 5.69 Å². The Labute approximate surface area is 118 Å². The molecule has 0 radical (unpaired) electrons. The molecule has 104 valence electrons. The number of hydrogen-bond acceptors (Lipinski definition) is 4. The summed E-state index contributed by atoms with van der Waals surface area (Å²) >= 11 is 1.69. The molecule has 1 atom stereocenters. The lowest BCUT2D eigenvalue weighted by molar-refractivity contribution is 0.282. The van der Waals surface area contributed by atoms with Gasteiger partial charge in [-0.05, 0) is 38.4 Å². The van der Waals surface area contributed by atoms with Crippen molar-refractivity contribution in [2.24, 2.45) is 5.92 Å². The van der Waals surface area contributed by atoms with E-state index in [2.05, 4.69) is 44.3 Å². The van der Waals surface area contributed by atoms with E-state index >= 15 is 0 Å². The van der Waals surface area contributed by atoms with E-state index < -0.39 is 0 Å². The van der Waals surface area contributed by atoms with Crippen LogP contribution in [0, 0.1) is 5.92 Å². The number of hydrogen-bond donors (Lipinski definition) is 1. The normalized spacial score (nSPS) is 18.4. The van der Waals surface area contributed by atoms with Crippen molar-refractivity contribution in [1.82, 2.24) is 19.6 Å². The lowest BCUT2D eigenvalue weighted by atomic mass is 10.1. The number of fused-ring (bicyclic) bond motifs is 1. The minimum Gasteiger partial charge on any atom is -0.311 e. The molecule has 2 aromatic heterocycles. The van der Waals surface area contributed by atoms with Crippen LogP contribution in [-0.2, 0) is 6.54 Å². The predicted molar refractivity (Wildman–Crippen MR) is 79.6 cm³/mol. The number of likely N-dealkylation sites (tertiary alicyclic amines) is 1. The van der Waals surface area contributed by atoms with Gasteiger partial charge in [0.1, 0.15) is 0 Å². The third kappa shape index (κ3) is 3.35. The van der Waals surface area contributed by atoms with Crippen LogP contribution in [0.15, 0.2) is 17.8 Å². The first-order chi connectivity index (χ1) is 9.31. The maximum Gasteiger partial charge on any atom is 0.193 e. The van der Waals surface area contributed by atoms with E-state index in [9.17, 15) is 0 Å². The first-order valence-electron chi connectivity index (χ1n) is 7.15. The Kier molecular flexibility index (Phi) is 4.15. The number of aromatic nitrogens is 2. The Hall–Kier alpha value is -0.910. The van der Waals surface area contributed by atoms with Crippen LogP contribution in [0.1, 0.15) is 25.5 Å². The van der Waals surface area contributed by atoms with Crippen molar-refractivity contribution in [3.63, 3.8) is 0 Å². The first-order valence-corrected chi connectivity index (χ1v) is 8.03. The van der Waals surface area contributed by atoms with E-state index in [-0.39, 0.29) is 0 Å². The molecule has 3 heterocycles. The average Bonchev–Trinajstić information content (AvgIpc) is 3.04. The largest absolute Gasteiger partial charge is 0.311 e. The van der Waals surface area contributed by atoms with E-state index in [0.29, 0.717) is 5.92 Å². The van der Waals surface area contributed by atoms with E-state index in [1.54, 1.807) is 11.3 Å². The van der Waals surface area contributed by atoms with Crippen LogP contribution in [-0.4, -0.2) is 40.5 Å². The van der Waals surface area contributed by atoms with Crippen molar-refractivity contribution >= 4 is 16.3 Å². The fraction of sp³-hybridized carbons (Fsp3) is 0.643. The molecule has 0 aliphatic carbocycles. The topological polar surface area (TPSA) is 32.6 Å². The van der Waals surface area contributed by atoms with Gasteiger partial charge in [0.25, 0.3) is 0 Å². The van der Waals surface area contributed by atoms with Gasteiger partial charge in [-0.25, -0.2) is 4.98 Å². The molecular formula is C14H22N4S. The fourth-order valence-corrected chi connectivity index (χ4v) is 3.50. The molecule has 1 unspecified atom stereocenters. The lowest BCUT2D eigenvalue weighted by Gasteiger charge is -2.20. The zero-order valence-electron chi connectivity index (χ0n) is 11.5. The van der Waals surface area contributed by atoms with Crippen LogP contribution in [0.4, 0.5) is 0 Å². The summed E-state index contributed by atoms with van der Waals surface area (Å²) in [6.45, 7) is 8.09. The Bertz CT molecular complexity index is 484. The molecule has 19 heavy (non-hydrogen) atoms. The molecule has 1 aliphatic heterocycles. The van der Waals surface area contributed by atoms with Gasteiger partial charge >= 0.3 is 0 Å². The first kappa shape index (κ1) is 13.1. The van der Waals surface area contributed by atoms with Gasteiger partial charge in [-0.2, -0.15) is 0 Å². The van der Waals surface area contributed by atoms with E-state index in [1.807, 2.05) is 0 Å². The van der Waals surface area contributed by atoms with Gasteiger partial charge in [0.15, 0.2) is 4.96 Å². The highest BCUT2D eigenvalue weighted by Crippen LogP contribution is 2.12. The number of nitrogens with one attached hydrogen (secondary N) is 1. The van der Waals surface area contributed by atoms with E-state index in [1.165, 1.54) is 32.5 Å². The summed E-state index contributed by atoms with van der Waals surface area (Å²) in [7, 11) is 0. The summed E-state index contributed by atoms with van der Waals surface area (Å²) in [6.07, 6.45) is 6.94. The van der Waals surface area contributed by atoms with Crippen LogP contribution in [0.25, 0.3) is 4.96 Å². The van der Waals surface area contributed by atoms with Crippen LogP contribution in [0.2, 0.25) is 0 Å². The highest BCUT2D eigenvalue weighted by atomic mass is 32.1. The Balaban J connectivity index is 1.41. The molecule has 1 N–H and O–H groups in total. The molecule has 0 spiro atoms. The molecule has 3 rings (SSSR count). The zero-order valence-corrected chi connectivity index (χ0v) is 12.3. The quantitative estimate of drug-likeness (QED) is 0.879. The van der Waals surface area contributed by atoms with Crippen molar-refractivity contribution in [2.45, 2.75) is 26.3 Å². The minimum atomic E-state index is 0.710. The maximum atomic E-state index is 4.58. The predicted octanol–water partition coefficient (Wildman–Crippen LogP) is 2.22. The fourth-order valence-electron chi connectivity index (χ4n) is 2.78. The molecule has 2 aromatic rings. The Morgan fingerprint density at radius 3 is 3.05 bits per heavy atom. The van der Waals surface area contributed by atoms with Crippen LogP contribution >= 0.6 is 11.3 Å². The van der Waals surface area contributed by atoms with Crippen molar-refractivity contribution < 1.29 is 0 Å². The van der Waals surface area contributed by atoms with Crippen molar-refractivity contribution in [3.05, 3.63) is 23.5 Å². The maximum absolute atomic E-state index is 4.58. The highest BCUT2D eigenvalue weighted by Gasteiger charge is 2.14. The zero-order chi connectivity index (χ0) is 13.1. The second-order valence-electron chi connectivity index (χ2n) is 5.57. The smallest absolute Gasteiger partial charge is 0.193 e. The summed E-state index contributed by atoms with van der Waals surface area (Å²) in [5.74, 6) is 0.710. The van der Waals surface area contributed by atoms with Gasteiger partial charge in [-0.15, -0.1) is 11.3 Å². The summed E-state index contributed by atoms with van der Waals surface area (Å²) in [4.78, 5) is 8.25. The molecule has 1 saturated heterocycles. The SMILES string of the molecule is CC(CNCc1cn2ccsc2n1)CN1CCCC1. The van der Waals surface area contributed by atoms with Gasteiger partial charge in [0.2, 0.25) is 0 Å². The average molecular weight is 278 g/mol. The monoisotopic (exact) mass is 278 g/mol. The number of rotatable bonds is 6. The lowest BCUT2D eigenvalue weighted by Crippen LogP contribution is -2.31. The number of imidazole rings is 1. The molecular weight excluding hydrogens is 256 g/mol. The summed E-state index contributed by atoms with van der Waals surface area (Å²) < 4.78 is 2.09. The van der Waals surface area contributed by atoms with Gasteiger partial charge in [-0.3, -0.25) is 4.40 Å². The molecule has 1 fully saturated rings. The standard InChI is InChI=1S/C14H22N4S/c1-12(10-17-4-2-3-5-17)8-15-9-13-11-18-6-7-19-14(18)16-13/h6-7,11-12,15H,2-5,8-10H2,1H3. The van der Waals surface area contributed by atoms with E-state index in [4.69, 9.17) is 0 Å². The third-order valence-electron chi connectivity index (χ3n) is 3.71. The van der Waals surface area contributed by atoms with Crippen molar-refractivity contribution in [1.29, 1.82) is 0 Å². The molecule has 1 aliphatic rings. The van der Waals surface area contributed by atoms with E-state index in [0.717, 1.165) is 23.7 Å². The number of thiazole rings is 1. The molecule has 5 heteroatoms. The van der Waals surface area contributed by atoms with Crippen LogP contribution in [0.5, 0.6) is 0 Å².